The van der Waals surface area contributed by atoms with E-state index in [-0.39, 0.29) is 0 Å². The van der Waals surface area contributed by atoms with E-state index in [9.17, 15) is 0 Å². The SMILES string of the molecule is C[n+]1ccc(-c2nc3ccccc3[nH]2)c2ccccc21. The maximum absolute atomic E-state index is 4.70. The molecule has 0 aliphatic heterocycles. The summed E-state index contributed by atoms with van der Waals surface area (Å²) in [5.74, 6) is 0.919. The smallest absolute Gasteiger partial charge is 0.212 e. The molecule has 96 valence electrons. The van der Waals surface area contributed by atoms with Gasteiger partial charge in [-0.1, -0.05) is 24.3 Å². The van der Waals surface area contributed by atoms with Gasteiger partial charge in [-0.15, -0.1) is 0 Å². The minimum Gasteiger partial charge on any atom is -0.338 e. The highest BCUT2D eigenvalue weighted by Crippen LogP contribution is 2.26. The summed E-state index contributed by atoms with van der Waals surface area (Å²) in [6.07, 6.45) is 2.07. The molecule has 0 saturated heterocycles. The van der Waals surface area contributed by atoms with Gasteiger partial charge in [0.1, 0.15) is 12.9 Å². The lowest BCUT2D eigenvalue weighted by molar-refractivity contribution is -0.644. The van der Waals surface area contributed by atoms with Crippen molar-refractivity contribution in [1.82, 2.24) is 9.97 Å². The van der Waals surface area contributed by atoms with Crippen molar-refractivity contribution in [3.8, 4) is 11.4 Å². The Kier molecular flexibility index (Phi) is 2.33. The van der Waals surface area contributed by atoms with E-state index in [0.717, 1.165) is 22.4 Å². The summed E-state index contributed by atoms with van der Waals surface area (Å²) < 4.78 is 2.13. The second-order valence-corrected chi connectivity index (χ2v) is 4.96. The van der Waals surface area contributed by atoms with Crippen LogP contribution >= 0.6 is 0 Å². The van der Waals surface area contributed by atoms with Gasteiger partial charge in [0.25, 0.3) is 0 Å². The van der Waals surface area contributed by atoms with Crippen molar-refractivity contribution in [2.24, 2.45) is 7.05 Å². The van der Waals surface area contributed by atoms with Crippen molar-refractivity contribution in [3.63, 3.8) is 0 Å². The van der Waals surface area contributed by atoms with E-state index in [0.29, 0.717) is 0 Å². The number of aryl methyl sites for hydroxylation is 1. The van der Waals surface area contributed by atoms with Crippen molar-refractivity contribution in [2.75, 3.05) is 0 Å². The zero-order chi connectivity index (χ0) is 13.5. The summed E-state index contributed by atoms with van der Waals surface area (Å²) in [5.41, 5.74) is 4.40. The van der Waals surface area contributed by atoms with Gasteiger partial charge in [0.05, 0.1) is 16.4 Å². The summed E-state index contributed by atoms with van der Waals surface area (Å²) in [6.45, 7) is 0. The number of benzene rings is 2. The van der Waals surface area contributed by atoms with Gasteiger partial charge in [0.15, 0.2) is 6.20 Å². The van der Waals surface area contributed by atoms with Gasteiger partial charge < -0.3 is 4.98 Å². The molecule has 0 fully saturated rings. The molecule has 0 atom stereocenters. The van der Waals surface area contributed by atoms with Crippen LogP contribution in [0.3, 0.4) is 0 Å². The molecule has 0 radical (unpaired) electrons. The molecule has 2 aromatic carbocycles. The van der Waals surface area contributed by atoms with Crippen molar-refractivity contribution < 1.29 is 4.57 Å². The second-order valence-electron chi connectivity index (χ2n) is 4.96. The zero-order valence-electron chi connectivity index (χ0n) is 11.2. The number of pyridine rings is 1. The maximum Gasteiger partial charge on any atom is 0.212 e. The number of nitrogens with one attached hydrogen (secondary N) is 1. The standard InChI is InChI=1S/C17H13N3/c1-20-11-10-13(12-6-2-5-9-16(12)20)17-18-14-7-3-4-8-15(14)19-17/h2-11H,1H3/p+1. The molecule has 0 unspecified atom stereocenters. The van der Waals surface area contributed by atoms with Crippen molar-refractivity contribution in [1.29, 1.82) is 0 Å². The van der Waals surface area contributed by atoms with Crippen molar-refractivity contribution in [2.45, 2.75) is 0 Å². The Hall–Kier alpha value is -2.68. The first-order chi connectivity index (χ1) is 9.83. The first kappa shape index (κ1) is 11.2. The van der Waals surface area contributed by atoms with Gasteiger partial charge in [-0.2, -0.15) is 0 Å². The molecule has 0 aliphatic rings. The van der Waals surface area contributed by atoms with Crippen LogP contribution in [0.2, 0.25) is 0 Å². The van der Waals surface area contributed by atoms with Crippen LogP contribution in [0.5, 0.6) is 0 Å². The monoisotopic (exact) mass is 260 g/mol. The number of hydrogen-bond acceptors (Lipinski definition) is 1. The predicted octanol–water partition coefficient (Wildman–Crippen LogP) is 3.21. The van der Waals surface area contributed by atoms with Crippen LogP contribution in [-0.2, 0) is 7.05 Å². The number of nitrogens with zero attached hydrogens (tertiary/aromatic N) is 2. The zero-order valence-corrected chi connectivity index (χ0v) is 11.2. The molecule has 1 N–H and O–H groups in total. The molecule has 3 heteroatoms. The average Bonchev–Trinajstić information content (AvgIpc) is 2.91. The number of aromatic nitrogens is 3. The normalized spacial score (nSPS) is 11.2. The summed E-state index contributed by atoms with van der Waals surface area (Å²) >= 11 is 0. The lowest BCUT2D eigenvalue weighted by Gasteiger charge is -2.02. The molecule has 0 aliphatic carbocycles. The summed E-state index contributed by atoms with van der Waals surface area (Å²) in [7, 11) is 2.06. The highest BCUT2D eigenvalue weighted by Gasteiger charge is 2.13. The van der Waals surface area contributed by atoms with E-state index in [2.05, 4.69) is 59.2 Å². The summed E-state index contributed by atoms with van der Waals surface area (Å²) in [4.78, 5) is 8.10. The van der Waals surface area contributed by atoms with Crippen LogP contribution in [0.25, 0.3) is 33.3 Å². The van der Waals surface area contributed by atoms with Crippen LogP contribution < -0.4 is 4.57 Å². The molecule has 2 aromatic heterocycles. The molecule has 4 rings (SSSR count). The van der Waals surface area contributed by atoms with Gasteiger partial charge in [-0.05, 0) is 18.2 Å². The van der Waals surface area contributed by atoms with Gasteiger partial charge in [0.2, 0.25) is 5.52 Å². The molecular weight excluding hydrogens is 246 g/mol. The lowest BCUT2D eigenvalue weighted by atomic mass is 10.1. The number of fused-ring (bicyclic) bond motifs is 2. The Morgan fingerprint density at radius 3 is 2.65 bits per heavy atom. The highest BCUT2D eigenvalue weighted by molar-refractivity contribution is 5.92. The Balaban J connectivity index is 2.04. The minimum absolute atomic E-state index is 0.919. The number of rotatable bonds is 1. The molecule has 20 heavy (non-hydrogen) atoms. The third kappa shape index (κ3) is 1.60. The van der Waals surface area contributed by atoms with Crippen molar-refractivity contribution in [3.05, 3.63) is 60.8 Å². The highest BCUT2D eigenvalue weighted by atomic mass is 14.9. The first-order valence-corrected chi connectivity index (χ1v) is 6.65. The minimum atomic E-state index is 0.919. The van der Waals surface area contributed by atoms with E-state index in [1.807, 2.05) is 18.2 Å². The molecule has 0 spiro atoms. The van der Waals surface area contributed by atoms with Crippen LogP contribution in [0.15, 0.2) is 60.8 Å². The number of imidazole rings is 1. The van der Waals surface area contributed by atoms with Crippen molar-refractivity contribution >= 4 is 21.9 Å². The maximum atomic E-state index is 4.70. The third-order valence-electron chi connectivity index (χ3n) is 3.68. The Labute approximate surface area is 116 Å². The fraction of sp³-hybridized carbons (Fsp3) is 0.0588. The predicted molar refractivity (Wildman–Crippen MR) is 80.2 cm³/mol. The summed E-state index contributed by atoms with van der Waals surface area (Å²) in [6, 6.07) is 18.6. The van der Waals surface area contributed by atoms with E-state index in [1.165, 1.54) is 10.9 Å². The Morgan fingerprint density at radius 2 is 1.75 bits per heavy atom. The van der Waals surface area contributed by atoms with Crippen LogP contribution in [0, 0.1) is 0 Å². The molecule has 0 bridgehead atoms. The quantitative estimate of drug-likeness (QED) is 0.524. The van der Waals surface area contributed by atoms with Crippen LogP contribution in [0.4, 0.5) is 0 Å². The average molecular weight is 260 g/mol. The molecule has 2 heterocycles. The van der Waals surface area contributed by atoms with E-state index in [4.69, 9.17) is 4.98 Å². The number of aromatic amines is 1. The molecule has 0 saturated carbocycles. The topological polar surface area (TPSA) is 32.6 Å². The third-order valence-corrected chi connectivity index (χ3v) is 3.68. The van der Waals surface area contributed by atoms with Crippen LogP contribution in [0.1, 0.15) is 0 Å². The van der Waals surface area contributed by atoms with Gasteiger partial charge in [-0.25, -0.2) is 9.55 Å². The molecular formula is C17H14N3+. The molecule has 4 aromatic rings. The lowest BCUT2D eigenvalue weighted by Crippen LogP contribution is -2.28. The molecule has 0 amide bonds. The number of hydrogen-bond donors (Lipinski definition) is 1. The van der Waals surface area contributed by atoms with E-state index in [1.54, 1.807) is 0 Å². The number of H-pyrrole nitrogens is 1. The first-order valence-electron chi connectivity index (χ1n) is 6.65. The largest absolute Gasteiger partial charge is 0.338 e. The van der Waals surface area contributed by atoms with Gasteiger partial charge in [0, 0.05) is 17.7 Å². The fourth-order valence-electron chi connectivity index (χ4n) is 2.65. The summed E-state index contributed by atoms with van der Waals surface area (Å²) in [5, 5.41) is 1.21. The number of para-hydroxylation sites is 3. The van der Waals surface area contributed by atoms with Crippen LogP contribution in [-0.4, -0.2) is 9.97 Å². The second kappa shape index (κ2) is 4.17. The Morgan fingerprint density at radius 1 is 0.950 bits per heavy atom. The van der Waals surface area contributed by atoms with E-state index < -0.39 is 0 Å². The van der Waals surface area contributed by atoms with Gasteiger partial charge >= 0.3 is 0 Å². The molecule has 3 nitrogen and oxygen atoms in total. The van der Waals surface area contributed by atoms with Gasteiger partial charge in [-0.3, -0.25) is 0 Å². The Bertz CT molecular complexity index is 889. The fourth-order valence-corrected chi connectivity index (χ4v) is 2.65. The van der Waals surface area contributed by atoms with E-state index >= 15 is 0 Å².